The first-order chi connectivity index (χ1) is 16.6. The Kier molecular flexibility index (Phi) is 6.34. The van der Waals surface area contributed by atoms with E-state index in [-0.39, 0.29) is 18.2 Å². The van der Waals surface area contributed by atoms with Gasteiger partial charge in [-0.25, -0.2) is 14.8 Å². The summed E-state index contributed by atoms with van der Waals surface area (Å²) in [5.74, 6) is 1.04. The predicted octanol–water partition coefficient (Wildman–Crippen LogP) is 4.98. The molecule has 2 aromatic carbocycles. The fourth-order valence-electron chi connectivity index (χ4n) is 4.96. The molecule has 0 saturated carbocycles. The predicted molar refractivity (Wildman–Crippen MR) is 129 cm³/mol. The standard InChI is InChI=1S/C27H29N3O4/c1-33-21-11-9-19(10-12-21)25-7-4-14-30(25)27-28-16-23(26(31)32)24(29-27)17-34-22-13-8-18-5-2-3-6-20(18)15-22/h8-13,15-16,25H,2-7,14,17H2,1H3,(H,31,32)/t25-/m0/s1. The Labute approximate surface area is 199 Å². The third-order valence-electron chi connectivity index (χ3n) is 6.79. The van der Waals surface area contributed by atoms with Gasteiger partial charge in [0.1, 0.15) is 23.7 Å². The summed E-state index contributed by atoms with van der Waals surface area (Å²) >= 11 is 0. The smallest absolute Gasteiger partial charge is 0.339 e. The SMILES string of the molecule is COc1ccc([C@@H]2CCCN2c2ncc(C(=O)O)c(COc3ccc4c(c3)CCCC4)n2)cc1. The number of carboxylic acids is 1. The molecule has 5 rings (SSSR count). The number of carboxylic acid groups (broad SMARTS) is 1. The molecule has 1 aliphatic heterocycles. The summed E-state index contributed by atoms with van der Waals surface area (Å²) in [5, 5.41) is 9.70. The van der Waals surface area contributed by atoms with Crippen molar-refractivity contribution in [1.29, 1.82) is 0 Å². The van der Waals surface area contributed by atoms with Crippen LogP contribution in [-0.2, 0) is 19.4 Å². The monoisotopic (exact) mass is 459 g/mol. The minimum Gasteiger partial charge on any atom is -0.497 e. The van der Waals surface area contributed by atoms with Gasteiger partial charge in [0.05, 0.1) is 18.8 Å². The number of rotatable bonds is 7. The maximum atomic E-state index is 11.8. The van der Waals surface area contributed by atoms with Crippen LogP contribution < -0.4 is 14.4 Å². The summed E-state index contributed by atoms with van der Waals surface area (Å²) in [5.41, 5.74) is 4.33. The zero-order valence-electron chi connectivity index (χ0n) is 19.4. The average Bonchev–Trinajstić information content (AvgIpc) is 3.37. The van der Waals surface area contributed by atoms with E-state index in [0.717, 1.165) is 49.3 Å². The Bertz CT molecular complexity index is 1180. The summed E-state index contributed by atoms with van der Waals surface area (Å²) in [4.78, 5) is 23.1. The van der Waals surface area contributed by atoms with Gasteiger partial charge in [-0.1, -0.05) is 18.2 Å². The molecule has 176 valence electrons. The maximum Gasteiger partial charge on any atom is 0.339 e. The van der Waals surface area contributed by atoms with Gasteiger partial charge in [0, 0.05) is 12.7 Å². The number of benzene rings is 2. The number of methoxy groups -OCH3 is 1. The molecule has 7 heteroatoms. The fourth-order valence-corrected chi connectivity index (χ4v) is 4.96. The van der Waals surface area contributed by atoms with Gasteiger partial charge in [0.25, 0.3) is 0 Å². The number of aromatic nitrogens is 2. The van der Waals surface area contributed by atoms with Crippen LogP contribution in [0.15, 0.2) is 48.7 Å². The highest BCUT2D eigenvalue weighted by Crippen LogP contribution is 2.35. The normalized spacial score (nSPS) is 17.3. The number of fused-ring (bicyclic) bond motifs is 1. The Morgan fingerprint density at radius 3 is 2.59 bits per heavy atom. The third kappa shape index (κ3) is 4.55. The molecular weight excluding hydrogens is 430 g/mol. The minimum absolute atomic E-state index is 0.0712. The lowest BCUT2D eigenvalue weighted by Crippen LogP contribution is -2.26. The number of ether oxygens (including phenoxy) is 2. The van der Waals surface area contributed by atoms with Gasteiger partial charge in [-0.2, -0.15) is 0 Å². The average molecular weight is 460 g/mol. The Balaban J connectivity index is 1.38. The van der Waals surface area contributed by atoms with Crippen molar-refractivity contribution in [2.45, 2.75) is 51.2 Å². The van der Waals surface area contributed by atoms with Crippen LogP contribution >= 0.6 is 0 Å². The molecule has 1 aliphatic carbocycles. The highest BCUT2D eigenvalue weighted by atomic mass is 16.5. The molecule has 1 saturated heterocycles. The van der Waals surface area contributed by atoms with Gasteiger partial charge in [-0.15, -0.1) is 0 Å². The first-order valence-electron chi connectivity index (χ1n) is 11.9. The summed E-state index contributed by atoms with van der Waals surface area (Å²) in [6.45, 7) is 0.894. The first kappa shape index (κ1) is 22.2. The second-order valence-corrected chi connectivity index (χ2v) is 8.89. The molecule has 34 heavy (non-hydrogen) atoms. The van der Waals surface area contributed by atoms with Crippen LogP contribution in [0.5, 0.6) is 11.5 Å². The van der Waals surface area contributed by atoms with E-state index in [0.29, 0.717) is 11.6 Å². The molecule has 1 fully saturated rings. The van der Waals surface area contributed by atoms with Crippen LogP contribution in [0.2, 0.25) is 0 Å². The van der Waals surface area contributed by atoms with Crippen molar-refractivity contribution in [2.24, 2.45) is 0 Å². The summed E-state index contributed by atoms with van der Waals surface area (Å²) < 4.78 is 11.3. The third-order valence-corrected chi connectivity index (χ3v) is 6.79. The van der Waals surface area contributed by atoms with Crippen molar-refractivity contribution in [1.82, 2.24) is 9.97 Å². The van der Waals surface area contributed by atoms with Crippen molar-refractivity contribution in [3.8, 4) is 11.5 Å². The lowest BCUT2D eigenvalue weighted by molar-refractivity contribution is 0.0692. The number of anilines is 1. The van der Waals surface area contributed by atoms with Crippen LogP contribution in [0.3, 0.4) is 0 Å². The quantitative estimate of drug-likeness (QED) is 0.533. The van der Waals surface area contributed by atoms with Crippen LogP contribution in [0.1, 0.15) is 64.5 Å². The molecule has 1 aromatic heterocycles. The van der Waals surface area contributed by atoms with Gasteiger partial charge in [0.15, 0.2) is 0 Å². The number of hydrogen-bond donors (Lipinski definition) is 1. The van der Waals surface area contributed by atoms with E-state index in [1.165, 1.54) is 30.2 Å². The molecule has 1 atom stereocenters. The van der Waals surface area contributed by atoms with Gasteiger partial charge in [0.2, 0.25) is 5.95 Å². The number of aromatic carboxylic acids is 1. The van der Waals surface area contributed by atoms with Gasteiger partial charge in [-0.05, 0) is 79.5 Å². The lowest BCUT2D eigenvalue weighted by Gasteiger charge is -2.25. The van der Waals surface area contributed by atoms with Crippen LogP contribution in [0.4, 0.5) is 5.95 Å². The first-order valence-corrected chi connectivity index (χ1v) is 11.9. The molecule has 2 heterocycles. The zero-order chi connectivity index (χ0) is 23.5. The molecule has 2 aliphatic rings. The molecule has 0 spiro atoms. The number of nitrogens with zero attached hydrogens (tertiary/aromatic N) is 3. The fraction of sp³-hybridized carbons (Fsp3) is 0.370. The number of hydrogen-bond acceptors (Lipinski definition) is 6. The molecule has 0 amide bonds. The minimum atomic E-state index is -1.05. The molecule has 1 N–H and O–H groups in total. The van der Waals surface area contributed by atoms with E-state index in [1.807, 2.05) is 18.2 Å². The van der Waals surface area contributed by atoms with Crippen molar-refractivity contribution in [3.05, 3.63) is 76.6 Å². The Hall–Kier alpha value is -3.61. The number of aryl methyl sites for hydroxylation is 2. The van der Waals surface area contributed by atoms with Gasteiger partial charge >= 0.3 is 5.97 Å². The van der Waals surface area contributed by atoms with E-state index in [1.54, 1.807) is 7.11 Å². The van der Waals surface area contributed by atoms with Crippen molar-refractivity contribution >= 4 is 11.9 Å². The molecule has 0 bridgehead atoms. The largest absolute Gasteiger partial charge is 0.497 e. The summed E-state index contributed by atoms with van der Waals surface area (Å²) in [7, 11) is 1.66. The van der Waals surface area contributed by atoms with Crippen molar-refractivity contribution in [2.75, 3.05) is 18.6 Å². The van der Waals surface area contributed by atoms with E-state index < -0.39 is 5.97 Å². The molecule has 0 radical (unpaired) electrons. The second-order valence-electron chi connectivity index (χ2n) is 8.89. The Morgan fingerprint density at radius 2 is 1.82 bits per heavy atom. The van der Waals surface area contributed by atoms with Crippen LogP contribution in [0.25, 0.3) is 0 Å². The van der Waals surface area contributed by atoms with E-state index in [9.17, 15) is 9.90 Å². The lowest BCUT2D eigenvalue weighted by atomic mass is 9.92. The van der Waals surface area contributed by atoms with E-state index in [2.05, 4.69) is 39.1 Å². The van der Waals surface area contributed by atoms with Gasteiger partial charge < -0.3 is 19.5 Å². The topological polar surface area (TPSA) is 84.8 Å². The summed E-state index contributed by atoms with van der Waals surface area (Å²) in [6, 6.07) is 14.3. The number of carbonyl (C=O) groups is 1. The van der Waals surface area contributed by atoms with Crippen molar-refractivity contribution in [3.63, 3.8) is 0 Å². The van der Waals surface area contributed by atoms with Crippen molar-refractivity contribution < 1.29 is 19.4 Å². The van der Waals surface area contributed by atoms with Gasteiger partial charge in [-0.3, -0.25) is 0 Å². The van der Waals surface area contributed by atoms with Crippen LogP contribution in [-0.4, -0.2) is 34.7 Å². The molecular formula is C27H29N3O4. The zero-order valence-corrected chi connectivity index (χ0v) is 19.4. The highest BCUT2D eigenvalue weighted by molar-refractivity contribution is 5.88. The second kappa shape index (κ2) is 9.71. The van der Waals surface area contributed by atoms with E-state index >= 15 is 0 Å². The Morgan fingerprint density at radius 1 is 1.06 bits per heavy atom. The molecule has 0 unspecified atom stereocenters. The van der Waals surface area contributed by atoms with Crippen LogP contribution in [0, 0.1) is 0 Å². The molecule has 7 nitrogen and oxygen atoms in total. The maximum absolute atomic E-state index is 11.8. The highest BCUT2D eigenvalue weighted by Gasteiger charge is 2.29. The van der Waals surface area contributed by atoms with E-state index in [4.69, 9.17) is 9.47 Å². The summed E-state index contributed by atoms with van der Waals surface area (Å²) in [6.07, 6.45) is 8.00. The molecule has 3 aromatic rings.